The van der Waals surface area contributed by atoms with Crippen molar-refractivity contribution in [2.24, 2.45) is 0 Å². The molecule has 9 nitrogen and oxygen atoms in total. The highest BCUT2D eigenvalue weighted by Gasteiger charge is 2.27. The van der Waals surface area contributed by atoms with Crippen LogP contribution in [0.25, 0.3) is 11.3 Å². The summed E-state index contributed by atoms with van der Waals surface area (Å²) in [4.78, 5) is 34.2. The third-order valence-corrected chi connectivity index (χ3v) is 4.67. The fourth-order valence-electron chi connectivity index (χ4n) is 3.14. The molecule has 148 valence electrons. The van der Waals surface area contributed by atoms with Crippen molar-refractivity contribution in [2.75, 3.05) is 38.2 Å². The van der Waals surface area contributed by atoms with E-state index >= 15 is 0 Å². The predicted molar refractivity (Wildman–Crippen MR) is 106 cm³/mol. The van der Waals surface area contributed by atoms with Crippen LogP contribution in [0.5, 0.6) is 5.75 Å². The van der Waals surface area contributed by atoms with Crippen molar-refractivity contribution < 1.29 is 14.3 Å². The van der Waals surface area contributed by atoms with E-state index in [9.17, 15) is 9.59 Å². The number of imide groups is 1. The molecule has 2 aliphatic rings. The number of aromatic nitrogens is 2. The Labute approximate surface area is 167 Å². The quantitative estimate of drug-likeness (QED) is 0.503. The second kappa shape index (κ2) is 8.16. The molecule has 1 atom stereocenters. The van der Waals surface area contributed by atoms with E-state index < -0.39 is 18.0 Å². The monoisotopic (exact) mass is 392 g/mol. The lowest BCUT2D eigenvalue weighted by atomic mass is 10.1. The molecule has 3 amide bonds. The van der Waals surface area contributed by atoms with Gasteiger partial charge in [0.2, 0.25) is 0 Å². The number of carbonyl (C=O) groups is 2. The van der Waals surface area contributed by atoms with Crippen LogP contribution in [-0.2, 0) is 4.79 Å². The van der Waals surface area contributed by atoms with Crippen molar-refractivity contribution in [1.29, 1.82) is 0 Å². The van der Waals surface area contributed by atoms with Crippen LogP contribution in [0.3, 0.4) is 0 Å². The molecule has 2 saturated heterocycles. The number of ether oxygens (including phenoxy) is 1. The van der Waals surface area contributed by atoms with Gasteiger partial charge in [-0.05, 0) is 30.2 Å². The lowest BCUT2D eigenvalue weighted by molar-refractivity contribution is -0.119. The number of nitrogens with zero attached hydrogens (tertiary/aromatic N) is 3. The summed E-state index contributed by atoms with van der Waals surface area (Å²) in [6.07, 6.45) is 1.79. The molecule has 0 saturated carbocycles. The number of amides is 3. The fraction of sp³-hybridized carbons (Fsp3) is 0.300. The van der Waals surface area contributed by atoms with Crippen LogP contribution in [0.15, 0.2) is 30.5 Å². The Balaban J connectivity index is 1.58. The van der Waals surface area contributed by atoms with Crippen LogP contribution < -0.4 is 25.6 Å². The number of carbonyl (C=O) groups excluding carboxylic acids is 2. The lowest BCUT2D eigenvalue weighted by Crippen LogP contribution is -2.43. The van der Waals surface area contributed by atoms with Crippen LogP contribution in [-0.4, -0.2) is 61.2 Å². The topological polar surface area (TPSA) is 108 Å². The van der Waals surface area contributed by atoms with Crippen LogP contribution >= 0.6 is 0 Å². The van der Waals surface area contributed by atoms with Crippen LogP contribution in [0, 0.1) is 11.8 Å². The molecule has 0 spiro atoms. The Morgan fingerprint density at radius 2 is 2.00 bits per heavy atom. The number of hydrogen-bond acceptors (Lipinski definition) is 7. The molecule has 2 fully saturated rings. The highest BCUT2D eigenvalue weighted by Crippen LogP contribution is 2.24. The molecule has 0 aliphatic carbocycles. The van der Waals surface area contributed by atoms with Crippen LogP contribution in [0.4, 0.5) is 10.6 Å². The summed E-state index contributed by atoms with van der Waals surface area (Å²) in [5.74, 6) is 6.49. The standard InChI is InChI=1S/C20H20N6O3/c1-29-17-6-5-14(23-15(17)3-4-16-19(27)25-20(28)24-16)13-2-7-18(22-12-13)26-10-8-21-9-11-26/h2,5-7,12,16,21H,8-11H2,1H3,(H2,24,25,27,28). The van der Waals surface area contributed by atoms with Gasteiger partial charge in [0.05, 0.1) is 12.8 Å². The minimum Gasteiger partial charge on any atom is -0.494 e. The molecule has 4 heterocycles. The molecule has 1 unspecified atom stereocenters. The van der Waals surface area contributed by atoms with Crippen molar-refractivity contribution in [3.8, 4) is 28.8 Å². The van der Waals surface area contributed by atoms with Crippen LogP contribution in [0.2, 0.25) is 0 Å². The van der Waals surface area contributed by atoms with E-state index in [1.54, 1.807) is 12.3 Å². The van der Waals surface area contributed by atoms with E-state index in [0.717, 1.165) is 37.6 Å². The number of nitrogens with one attached hydrogen (secondary N) is 3. The summed E-state index contributed by atoms with van der Waals surface area (Å²) in [7, 11) is 1.52. The van der Waals surface area contributed by atoms with Gasteiger partial charge in [0.25, 0.3) is 5.91 Å². The number of pyridine rings is 2. The summed E-state index contributed by atoms with van der Waals surface area (Å²) >= 11 is 0. The zero-order valence-corrected chi connectivity index (χ0v) is 15.9. The number of methoxy groups -OCH3 is 1. The number of anilines is 1. The molecule has 2 aromatic heterocycles. The predicted octanol–water partition coefficient (Wildman–Crippen LogP) is 0.121. The normalized spacial score (nSPS) is 18.5. The first kappa shape index (κ1) is 18.7. The maximum absolute atomic E-state index is 11.6. The van der Waals surface area contributed by atoms with Crippen LogP contribution in [0.1, 0.15) is 5.69 Å². The number of urea groups is 1. The highest BCUT2D eigenvalue weighted by molar-refractivity contribution is 6.05. The average molecular weight is 392 g/mol. The maximum atomic E-state index is 11.6. The Morgan fingerprint density at radius 1 is 1.17 bits per heavy atom. The molecule has 0 bridgehead atoms. The van der Waals surface area contributed by atoms with Gasteiger partial charge < -0.3 is 20.3 Å². The third-order valence-electron chi connectivity index (χ3n) is 4.67. The first-order chi connectivity index (χ1) is 14.1. The van der Waals surface area contributed by atoms with E-state index in [0.29, 0.717) is 17.1 Å². The van der Waals surface area contributed by atoms with Crippen molar-refractivity contribution in [3.05, 3.63) is 36.2 Å². The Morgan fingerprint density at radius 3 is 2.66 bits per heavy atom. The molecule has 29 heavy (non-hydrogen) atoms. The number of rotatable bonds is 3. The second-order valence-corrected chi connectivity index (χ2v) is 6.55. The minimum atomic E-state index is -0.905. The first-order valence-corrected chi connectivity index (χ1v) is 9.24. The SMILES string of the molecule is COc1ccc(-c2ccc(N3CCNCC3)nc2)nc1C#CC1NC(=O)NC1=O. The van der Waals surface area contributed by atoms with E-state index in [2.05, 4.69) is 42.7 Å². The smallest absolute Gasteiger partial charge is 0.322 e. The van der Waals surface area contributed by atoms with Crippen molar-refractivity contribution in [3.63, 3.8) is 0 Å². The number of piperazine rings is 1. The molecule has 0 radical (unpaired) electrons. The Hall–Kier alpha value is -3.64. The molecule has 2 aromatic rings. The third kappa shape index (κ3) is 4.12. The first-order valence-electron chi connectivity index (χ1n) is 9.24. The number of hydrogen-bond donors (Lipinski definition) is 3. The average Bonchev–Trinajstić information content (AvgIpc) is 3.09. The van der Waals surface area contributed by atoms with Crippen molar-refractivity contribution >= 4 is 17.8 Å². The summed E-state index contributed by atoms with van der Waals surface area (Å²) in [6, 6.07) is 6.09. The minimum absolute atomic E-state index is 0.380. The Bertz CT molecular complexity index is 990. The molecule has 0 aromatic carbocycles. The molecule has 3 N–H and O–H groups in total. The zero-order valence-electron chi connectivity index (χ0n) is 15.9. The second-order valence-electron chi connectivity index (χ2n) is 6.55. The van der Waals surface area contributed by atoms with E-state index in [1.165, 1.54) is 7.11 Å². The molecule has 2 aliphatic heterocycles. The van der Waals surface area contributed by atoms with Gasteiger partial charge in [0, 0.05) is 37.9 Å². The van der Waals surface area contributed by atoms with Gasteiger partial charge >= 0.3 is 6.03 Å². The molecule has 9 heteroatoms. The van der Waals surface area contributed by atoms with Gasteiger partial charge in [0.15, 0.2) is 17.5 Å². The van der Waals surface area contributed by atoms with E-state index in [4.69, 9.17) is 4.74 Å². The van der Waals surface area contributed by atoms with Gasteiger partial charge in [-0.1, -0.05) is 5.92 Å². The van der Waals surface area contributed by atoms with Crippen molar-refractivity contribution in [2.45, 2.75) is 6.04 Å². The van der Waals surface area contributed by atoms with Gasteiger partial charge in [0.1, 0.15) is 5.82 Å². The molecular weight excluding hydrogens is 372 g/mol. The summed E-state index contributed by atoms with van der Waals surface area (Å²) in [6.45, 7) is 3.76. The zero-order chi connectivity index (χ0) is 20.2. The van der Waals surface area contributed by atoms with Gasteiger partial charge in [-0.2, -0.15) is 0 Å². The van der Waals surface area contributed by atoms with E-state index in [1.807, 2.05) is 18.2 Å². The van der Waals surface area contributed by atoms with E-state index in [-0.39, 0.29) is 0 Å². The largest absolute Gasteiger partial charge is 0.494 e. The summed E-state index contributed by atoms with van der Waals surface area (Å²) in [5.41, 5.74) is 1.92. The van der Waals surface area contributed by atoms with Gasteiger partial charge in [-0.3, -0.25) is 10.1 Å². The highest BCUT2D eigenvalue weighted by atomic mass is 16.5. The fourth-order valence-corrected chi connectivity index (χ4v) is 3.14. The van der Waals surface area contributed by atoms with Gasteiger partial charge in [-0.25, -0.2) is 14.8 Å². The Kier molecular flexibility index (Phi) is 5.27. The molecular formula is C20H20N6O3. The summed E-state index contributed by atoms with van der Waals surface area (Å²) in [5, 5.41) is 7.90. The maximum Gasteiger partial charge on any atom is 0.322 e. The van der Waals surface area contributed by atoms with Crippen molar-refractivity contribution in [1.82, 2.24) is 25.9 Å². The van der Waals surface area contributed by atoms with Gasteiger partial charge in [-0.15, -0.1) is 0 Å². The summed E-state index contributed by atoms with van der Waals surface area (Å²) < 4.78 is 5.32. The lowest BCUT2D eigenvalue weighted by Gasteiger charge is -2.28. The molecule has 4 rings (SSSR count).